The fourth-order valence-corrected chi connectivity index (χ4v) is 5.07. The summed E-state index contributed by atoms with van der Waals surface area (Å²) in [6.45, 7) is 12.0. The van der Waals surface area contributed by atoms with E-state index in [9.17, 15) is 0 Å². The smallest absolute Gasteiger partial charge is 0.217 e. The summed E-state index contributed by atoms with van der Waals surface area (Å²) in [4.78, 5) is 4.84. The van der Waals surface area contributed by atoms with Crippen LogP contribution in [0.25, 0.3) is 0 Å². The number of nitrogens with zero attached hydrogens (tertiary/aromatic N) is 1. The fraction of sp³-hybridized carbons (Fsp3) is 0.682. The maximum atomic E-state index is 5.99. The number of hydrogen-bond donors (Lipinski definition) is 0. The van der Waals surface area contributed by atoms with Crippen LogP contribution in [0.15, 0.2) is 15.5 Å². The van der Waals surface area contributed by atoms with Crippen molar-refractivity contribution in [3.63, 3.8) is 0 Å². The van der Waals surface area contributed by atoms with Crippen LogP contribution in [0.3, 0.4) is 0 Å². The van der Waals surface area contributed by atoms with Gasteiger partial charge in [-0.3, -0.25) is 0 Å². The highest BCUT2D eigenvalue weighted by atomic mass is 79.9. The Labute approximate surface area is 171 Å². The molecule has 0 saturated heterocycles. The molecule has 1 aromatic carbocycles. The molecule has 1 heterocycles. The molecule has 1 saturated carbocycles. The minimum absolute atomic E-state index is 0.00229. The van der Waals surface area contributed by atoms with Crippen molar-refractivity contribution < 1.29 is 14.2 Å². The van der Waals surface area contributed by atoms with E-state index < -0.39 is 0 Å². The molecule has 0 spiro atoms. The standard InChI is InChI=1S/C22H32BrNO3/c1-13(2)16-12-27-20(24-16)14-11-15(18(25-6)19(26-7)17(14)23)22(5)10-8-9-21(22,3)4/h11,13,16H,8-10,12H2,1-7H3/t16-,22+/m0/s1. The summed E-state index contributed by atoms with van der Waals surface area (Å²) in [5.41, 5.74) is 2.31. The Morgan fingerprint density at radius 1 is 1.15 bits per heavy atom. The minimum atomic E-state index is -0.00229. The maximum Gasteiger partial charge on any atom is 0.217 e. The van der Waals surface area contributed by atoms with Crippen LogP contribution in [0.2, 0.25) is 0 Å². The summed E-state index contributed by atoms with van der Waals surface area (Å²) in [6, 6.07) is 2.40. The van der Waals surface area contributed by atoms with Gasteiger partial charge in [0.1, 0.15) is 6.61 Å². The summed E-state index contributed by atoms with van der Waals surface area (Å²) in [6.07, 6.45) is 3.54. The molecular formula is C22H32BrNO3. The molecule has 1 aliphatic heterocycles. The quantitative estimate of drug-likeness (QED) is 0.589. The molecular weight excluding hydrogens is 406 g/mol. The Balaban J connectivity index is 2.21. The van der Waals surface area contributed by atoms with Gasteiger partial charge in [-0.1, -0.05) is 41.0 Å². The van der Waals surface area contributed by atoms with E-state index in [0.29, 0.717) is 24.2 Å². The molecule has 5 heteroatoms. The van der Waals surface area contributed by atoms with Crippen LogP contribution in [0, 0.1) is 11.3 Å². The monoisotopic (exact) mass is 437 g/mol. The topological polar surface area (TPSA) is 40.0 Å². The summed E-state index contributed by atoms with van der Waals surface area (Å²) < 4.78 is 18.5. The molecule has 2 atom stereocenters. The van der Waals surface area contributed by atoms with Crippen molar-refractivity contribution >= 4 is 21.8 Å². The average molecular weight is 438 g/mol. The lowest BCUT2D eigenvalue weighted by atomic mass is 9.65. The third-order valence-electron chi connectivity index (χ3n) is 6.82. The number of ether oxygens (including phenoxy) is 3. The number of rotatable bonds is 5. The van der Waals surface area contributed by atoms with E-state index in [1.165, 1.54) is 18.4 Å². The lowest BCUT2D eigenvalue weighted by Gasteiger charge is -2.40. The van der Waals surface area contributed by atoms with Crippen molar-refractivity contribution in [1.82, 2.24) is 0 Å². The summed E-state index contributed by atoms with van der Waals surface area (Å²) in [5, 5.41) is 0. The van der Waals surface area contributed by atoms with Gasteiger partial charge >= 0.3 is 0 Å². The Morgan fingerprint density at radius 2 is 1.81 bits per heavy atom. The highest BCUT2D eigenvalue weighted by Gasteiger charge is 2.48. The molecule has 0 N–H and O–H groups in total. The SMILES string of the molecule is COc1c([C@@]2(C)CCCC2(C)C)cc(C2=N[C@H](C(C)C)CO2)c(Br)c1OC. The predicted molar refractivity (Wildman–Crippen MR) is 113 cm³/mol. The van der Waals surface area contributed by atoms with Gasteiger partial charge in [0.05, 0.1) is 30.3 Å². The first-order valence-electron chi connectivity index (χ1n) is 9.82. The van der Waals surface area contributed by atoms with E-state index in [0.717, 1.165) is 22.2 Å². The lowest BCUT2D eigenvalue weighted by Crippen LogP contribution is -2.34. The van der Waals surface area contributed by atoms with Gasteiger partial charge in [-0.05, 0) is 46.2 Å². The van der Waals surface area contributed by atoms with E-state index in [1.54, 1.807) is 14.2 Å². The highest BCUT2D eigenvalue weighted by molar-refractivity contribution is 9.10. The zero-order valence-electron chi connectivity index (χ0n) is 17.6. The van der Waals surface area contributed by atoms with Crippen LogP contribution in [-0.2, 0) is 10.2 Å². The van der Waals surface area contributed by atoms with E-state index in [1.807, 2.05) is 0 Å². The highest BCUT2D eigenvalue weighted by Crippen LogP contribution is 2.58. The van der Waals surface area contributed by atoms with Crippen LogP contribution < -0.4 is 9.47 Å². The van der Waals surface area contributed by atoms with Gasteiger partial charge in [-0.25, -0.2) is 4.99 Å². The van der Waals surface area contributed by atoms with Gasteiger partial charge in [0, 0.05) is 11.0 Å². The van der Waals surface area contributed by atoms with Crippen molar-refractivity contribution in [2.24, 2.45) is 16.3 Å². The zero-order chi connectivity index (χ0) is 20.0. The molecule has 3 rings (SSSR count). The molecule has 0 radical (unpaired) electrons. The van der Waals surface area contributed by atoms with Crippen LogP contribution in [0.4, 0.5) is 0 Å². The number of benzene rings is 1. The van der Waals surface area contributed by atoms with E-state index >= 15 is 0 Å². The Hall–Kier alpha value is -1.23. The first-order chi connectivity index (χ1) is 12.7. The molecule has 0 aromatic heterocycles. The van der Waals surface area contributed by atoms with E-state index in [4.69, 9.17) is 19.2 Å². The van der Waals surface area contributed by atoms with Gasteiger partial charge < -0.3 is 14.2 Å². The molecule has 0 bridgehead atoms. The average Bonchev–Trinajstić information content (AvgIpc) is 3.20. The van der Waals surface area contributed by atoms with Crippen molar-refractivity contribution in [3.8, 4) is 11.5 Å². The molecule has 2 aliphatic rings. The van der Waals surface area contributed by atoms with Crippen LogP contribution >= 0.6 is 15.9 Å². The van der Waals surface area contributed by atoms with Crippen molar-refractivity contribution in [1.29, 1.82) is 0 Å². The normalized spacial score (nSPS) is 26.9. The zero-order valence-corrected chi connectivity index (χ0v) is 19.2. The maximum absolute atomic E-state index is 5.99. The van der Waals surface area contributed by atoms with Crippen LogP contribution in [0.5, 0.6) is 11.5 Å². The van der Waals surface area contributed by atoms with Crippen LogP contribution in [-0.4, -0.2) is 32.8 Å². The third-order valence-corrected chi connectivity index (χ3v) is 7.61. The van der Waals surface area contributed by atoms with Gasteiger partial charge in [0.2, 0.25) is 5.90 Å². The van der Waals surface area contributed by atoms with Crippen LogP contribution in [0.1, 0.15) is 65.0 Å². The summed E-state index contributed by atoms with van der Waals surface area (Å²) >= 11 is 3.72. The molecule has 1 aromatic rings. The van der Waals surface area contributed by atoms with Gasteiger partial charge in [-0.2, -0.15) is 0 Å². The molecule has 0 amide bonds. The van der Waals surface area contributed by atoms with Crippen molar-refractivity contribution in [2.75, 3.05) is 20.8 Å². The summed E-state index contributed by atoms with van der Waals surface area (Å²) in [7, 11) is 3.41. The number of halogens is 1. The van der Waals surface area contributed by atoms with Gasteiger partial charge in [0.25, 0.3) is 0 Å². The van der Waals surface area contributed by atoms with Gasteiger partial charge in [-0.15, -0.1) is 0 Å². The number of methoxy groups -OCH3 is 2. The number of hydrogen-bond acceptors (Lipinski definition) is 4. The molecule has 0 unspecified atom stereocenters. The molecule has 1 fully saturated rings. The first kappa shape index (κ1) is 20.5. The Kier molecular flexibility index (Phi) is 5.55. The third kappa shape index (κ3) is 3.26. The lowest BCUT2D eigenvalue weighted by molar-refractivity contribution is 0.216. The molecule has 4 nitrogen and oxygen atoms in total. The minimum Gasteiger partial charge on any atom is -0.493 e. The summed E-state index contributed by atoms with van der Waals surface area (Å²) in [5.74, 6) is 2.67. The van der Waals surface area contributed by atoms with Crippen molar-refractivity contribution in [3.05, 3.63) is 21.7 Å². The number of aliphatic imine (C=N–C) groups is 1. The van der Waals surface area contributed by atoms with E-state index in [2.05, 4.69) is 56.6 Å². The largest absolute Gasteiger partial charge is 0.493 e. The van der Waals surface area contributed by atoms with E-state index in [-0.39, 0.29) is 16.9 Å². The molecule has 1 aliphatic carbocycles. The fourth-order valence-electron chi connectivity index (χ4n) is 4.44. The second-order valence-corrected chi connectivity index (χ2v) is 9.77. The van der Waals surface area contributed by atoms with Crippen molar-refractivity contribution in [2.45, 2.75) is 65.3 Å². The predicted octanol–water partition coefficient (Wildman–Crippen LogP) is 5.74. The second-order valence-electron chi connectivity index (χ2n) is 8.98. The second kappa shape index (κ2) is 7.31. The Bertz CT molecular complexity index is 756. The first-order valence-corrected chi connectivity index (χ1v) is 10.6. The Morgan fingerprint density at radius 3 is 2.30 bits per heavy atom. The molecule has 27 heavy (non-hydrogen) atoms. The van der Waals surface area contributed by atoms with Gasteiger partial charge in [0.15, 0.2) is 11.5 Å². The molecule has 150 valence electrons.